The molecule has 0 N–H and O–H groups in total. The molecule has 0 atom stereocenters. The zero-order chi connectivity index (χ0) is 14.6. The van der Waals surface area contributed by atoms with Crippen LogP contribution in [0.4, 0.5) is 0 Å². The predicted molar refractivity (Wildman–Crippen MR) is 75.4 cm³/mol. The van der Waals surface area contributed by atoms with E-state index in [0.29, 0.717) is 13.2 Å². The Hall–Kier alpha value is -1.41. The molecule has 0 aromatic heterocycles. The van der Waals surface area contributed by atoms with Crippen molar-refractivity contribution in [1.29, 1.82) is 0 Å². The third-order valence-corrected chi connectivity index (χ3v) is 6.26. The molecule has 20 heavy (non-hydrogen) atoms. The first-order valence-corrected chi connectivity index (χ1v) is 9.51. The van der Waals surface area contributed by atoms with Crippen molar-refractivity contribution in [3.63, 3.8) is 0 Å². The highest BCUT2D eigenvalue weighted by Gasteiger charge is 2.23. The molecule has 0 amide bonds. The molecule has 0 spiro atoms. The Balaban J connectivity index is 2.01. The molecule has 110 valence electrons. The van der Waals surface area contributed by atoms with Crippen LogP contribution in [0, 0.1) is 0 Å². The number of hydrogen-bond acceptors (Lipinski definition) is 6. The second-order valence-electron chi connectivity index (χ2n) is 4.35. The monoisotopic (exact) mass is 317 g/mol. The van der Waals surface area contributed by atoms with Gasteiger partial charge in [-0.1, -0.05) is 18.2 Å². The SMILES string of the molecule is O=S(=O)(CCS(=O)(=O)c1ccccc1)CC1=NCCO1. The Morgan fingerprint density at radius 3 is 2.35 bits per heavy atom. The first-order valence-electron chi connectivity index (χ1n) is 6.03. The van der Waals surface area contributed by atoms with Gasteiger partial charge in [-0.25, -0.2) is 16.8 Å². The second-order valence-corrected chi connectivity index (χ2v) is 8.64. The van der Waals surface area contributed by atoms with Gasteiger partial charge in [-0.3, -0.25) is 4.99 Å². The summed E-state index contributed by atoms with van der Waals surface area (Å²) < 4.78 is 52.7. The molecule has 0 saturated carbocycles. The van der Waals surface area contributed by atoms with Gasteiger partial charge in [0.2, 0.25) is 0 Å². The van der Waals surface area contributed by atoms with E-state index in [0.717, 1.165) is 0 Å². The van der Waals surface area contributed by atoms with Crippen LogP contribution in [0.3, 0.4) is 0 Å². The smallest absolute Gasteiger partial charge is 0.198 e. The summed E-state index contributed by atoms with van der Waals surface area (Å²) in [7, 11) is -7.13. The fraction of sp³-hybridized carbons (Fsp3) is 0.417. The average Bonchev–Trinajstić information content (AvgIpc) is 2.90. The molecule has 0 saturated heterocycles. The van der Waals surface area contributed by atoms with E-state index in [1.165, 1.54) is 12.1 Å². The molecule has 1 aromatic carbocycles. The van der Waals surface area contributed by atoms with Crippen molar-refractivity contribution in [3.05, 3.63) is 30.3 Å². The standard InChI is InChI=1S/C12H15NO5S2/c14-19(15,10-12-13-6-7-18-12)8-9-20(16,17)11-4-2-1-3-5-11/h1-5H,6-10H2. The molecule has 6 nitrogen and oxygen atoms in total. The third-order valence-electron chi connectivity index (χ3n) is 2.76. The van der Waals surface area contributed by atoms with Crippen LogP contribution in [-0.4, -0.2) is 53.1 Å². The van der Waals surface area contributed by atoms with Crippen molar-refractivity contribution in [1.82, 2.24) is 0 Å². The van der Waals surface area contributed by atoms with E-state index in [1.807, 2.05) is 0 Å². The number of hydrogen-bond donors (Lipinski definition) is 0. The molecule has 8 heteroatoms. The van der Waals surface area contributed by atoms with Crippen LogP contribution in [0.2, 0.25) is 0 Å². The van der Waals surface area contributed by atoms with Crippen molar-refractivity contribution < 1.29 is 21.6 Å². The lowest BCUT2D eigenvalue weighted by Gasteiger charge is -2.06. The van der Waals surface area contributed by atoms with E-state index in [9.17, 15) is 16.8 Å². The molecule has 0 fully saturated rings. The van der Waals surface area contributed by atoms with Crippen LogP contribution < -0.4 is 0 Å². The van der Waals surface area contributed by atoms with Crippen LogP contribution in [0.15, 0.2) is 40.2 Å². The Labute approximate surface area is 118 Å². The number of nitrogens with zero attached hydrogens (tertiary/aromatic N) is 1. The van der Waals surface area contributed by atoms with Gasteiger partial charge in [0.15, 0.2) is 25.6 Å². The molecule has 0 bridgehead atoms. The van der Waals surface area contributed by atoms with Gasteiger partial charge >= 0.3 is 0 Å². The van der Waals surface area contributed by atoms with Gasteiger partial charge in [0.25, 0.3) is 0 Å². The Kier molecular flexibility index (Phi) is 4.44. The largest absolute Gasteiger partial charge is 0.478 e. The molecule has 1 aromatic rings. The Morgan fingerprint density at radius 1 is 1.05 bits per heavy atom. The van der Waals surface area contributed by atoms with E-state index in [-0.39, 0.29) is 16.5 Å². The van der Waals surface area contributed by atoms with Gasteiger partial charge in [0, 0.05) is 0 Å². The lowest BCUT2D eigenvalue weighted by atomic mass is 10.4. The van der Waals surface area contributed by atoms with Crippen molar-refractivity contribution in [2.24, 2.45) is 4.99 Å². The normalized spacial score (nSPS) is 15.7. The Morgan fingerprint density at radius 2 is 1.75 bits per heavy atom. The van der Waals surface area contributed by atoms with E-state index in [2.05, 4.69) is 4.99 Å². The molecule has 1 aliphatic rings. The summed E-state index contributed by atoms with van der Waals surface area (Å²) >= 11 is 0. The summed E-state index contributed by atoms with van der Waals surface area (Å²) in [4.78, 5) is 4.02. The van der Waals surface area contributed by atoms with Gasteiger partial charge in [-0.05, 0) is 12.1 Å². The maximum absolute atomic E-state index is 12.0. The van der Waals surface area contributed by atoms with E-state index >= 15 is 0 Å². The van der Waals surface area contributed by atoms with Crippen LogP contribution in [0.1, 0.15) is 0 Å². The van der Waals surface area contributed by atoms with Gasteiger partial charge < -0.3 is 4.74 Å². The Bertz CT molecular complexity index is 693. The molecule has 0 radical (unpaired) electrons. The van der Waals surface area contributed by atoms with E-state index < -0.39 is 31.2 Å². The minimum Gasteiger partial charge on any atom is -0.478 e. The first-order chi connectivity index (χ1) is 9.39. The minimum atomic E-state index is -3.59. The molecule has 0 aliphatic carbocycles. The average molecular weight is 317 g/mol. The van der Waals surface area contributed by atoms with Crippen molar-refractivity contribution >= 4 is 25.6 Å². The van der Waals surface area contributed by atoms with Crippen molar-refractivity contribution in [2.75, 3.05) is 30.4 Å². The van der Waals surface area contributed by atoms with E-state index in [1.54, 1.807) is 18.2 Å². The summed E-state index contributed by atoms with van der Waals surface area (Å²) in [6.45, 7) is 0.834. The highest BCUT2D eigenvalue weighted by Crippen LogP contribution is 2.11. The second kappa shape index (κ2) is 5.92. The molecule has 1 heterocycles. The van der Waals surface area contributed by atoms with Gasteiger partial charge in [0.1, 0.15) is 12.4 Å². The fourth-order valence-corrected chi connectivity index (χ4v) is 5.11. The van der Waals surface area contributed by atoms with Crippen LogP contribution >= 0.6 is 0 Å². The van der Waals surface area contributed by atoms with Crippen molar-refractivity contribution in [3.8, 4) is 0 Å². The molecule has 2 rings (SSSR count). The summed E-state index contributed by atoms with van der Waals surface area (Å²) in [6.07, 6.45) is 0. The van der Waals surface area contributed by atoms with Gasteiger partial charge in [-0.2, -0.15) is 0 Å². The predicted octanol–water partition coefficient (Wildman–Crippen LogP) is 0.304. The number of aliphatic imine (C=N–C) groups is 1. The van der Waals surface area contributed by atoms with Gasteiger partial charge in [0.05, 0.1) is 22.9 Å². The summed E-state index contributed by atoms with van der Waals surface area (Å²) in [5, 5.41) is 0. The quantitative estimate of drug-likeness (QED) is 0.753. The molecule has 0 unspecified atom stereocenters. The molecule has 1 aliphatic heterocycles. The van der Waals surface area contributed by atoms with E-state index in [4.69, 9.17) is 4.74 Å². The highest BCUT2D eigenvalue weighted by atomic mass is 32.2. The number of rotatable bonds is 6. The topological polar surface area (TPSA) is 89.9 Å². The van der Waals surface area contributed by atoms with Gasteiger partial charge in [-0.15, -0.1) is 0 Å². The minimum absolute atomic E-state index is 0.129. The molecular weight excluding hydrogens is 302 g/mol. The third kappa shape index (κ3) is 4.04. The van der Waals surface area contributed by atoms with Crippen molar-refractivity contribution in [2.45, 2.75) is 4.90 Å². The van der Waals surface area contributed by atoms with Crippen LogP contribution in [0.25, 0.3) is 0 Å². The summed E-state index contributed by atoms with van der Waals surface area (Å²) in [5.41, 5.74) is 0. The number of benzene rings is 1. The zero-order valence-corrected chi connectivity index (χ0v) is 12.4. The lowest BCUT2D eigenvalue weighted by molar-refractivity contribution is 0.345. The maximum atomic E-state index is 12.0. The first kappa shape index (κ1) is 15.0. The van der Waals surface area contributed by atoms with Crippen LogP contribution in [-0.2, 0) is 24.4 Å². The lowest BCUT2D eigenvalue weighted by Crippen LogP contribution is -2.24. The maximum Gasteiger partial charge on any atom is 0.198 e. The summed E-state index contributed by atoms with van der Waals surface area (Å²) in [6, 6.07) is 7.80. The summed E-state index contributed by atoms with van der Waals surface area (Å²) in [5.74, 6) is -1.04. The van der Waals surface area contributed by atoms with Crippen LogP contribution in [0.5, 0.6) is 0 Å². The fourth-order valence-electron chi connectivity index (χ4n) is 1.71. The number of sulfone groups is 2. The number of ether oxygens (including phenoxy) is 1. The highest BCUT2D eigenvalue weighted by molar-refractivity contribution is 7.95. The molecular formula is C12H15NO5S2. The zero-order valence-electron chi connectivity index (χ0n) is 10.7.